The molecular weight excluding hydrogens is 420 g/mol. The average molecular weight is 452 g/mol. The first-order valence-corrected chi connectivity index (χ1v) is 12.1. The Morgan fingerprint density at radius 1 is 1.00 bits per heavy atom. The number of aromatic nitrogens is 2. The Morgan fingerprint density at radius 2 is 1.79 bits per heavy atom. The van der Waals surface area contributed by atoms with E-state index in [0.717, 1.165) is 55.1 Å². The first-order chi connectivity index (χ1) is 16.0. The Morgan fingerprint density at radius 3 is 2.52 bits per heavy atom. The number of fused-ring (bicyclic) bond motifs is 1. The fourth-order valence-electron chi connectivity index (χ4n) is 5.73. The smallest absolute Gasteiger partial charge is 0.158 e. The summed E-state index contributed by atoms with van der Waals surface area (Å²) in [5.74, 6) is 1.68. The van der Waals surface area contributed by atoms with Crippen molar-refractivity contribution in [2.45, 2.75) is 44.8 Å². The van der Waals surface area contributed by atoms with Crippen LogP contribution in [0.15, 0.2) is 30.3 Å². The van der Waals surface area contributed by atoms with Gasteiger partial charge in [0.1, 0.15) is 11.6 Å². The molecule has 1 saturated carbocycles. The number of piperidine rings is 1. The molecule has 0 radical (unpaired) electrons. The molecule has 2 atom stereocenters. The second-order valence-electron chi connectivity index (χ2n) is 10.1. The van der Waals surface area contributed by atoms with E-state index in [0.29, 0.717) is 34.8 Å². The zero-order valence-corrected chi connectivity index (χ0v) is 19.2. The highest BCUT2D eigenvalue weighted by atomic mass is 19.1. The quantitative estimate of drug-likeness (QED) is 0.620. The molecule has 2 aliphatic heterocycles. The Labute approximate surface area is 193 Å². The molecule has 3 fully saturated rings. The van der Waals surface area contributed by atoms with Gasteiger partial charge in [0.25, 0.3) is 0 Å². The first kappa shape index (κ1) is 21.1. The van der Waals surface area contributed by atoms with Crippen LogP contribution in [0.4, 0.5) is 14.6 Å². The van der Waals surface area contributed by atoms with Gasteiger partial charge >= 0.3 is 0 Å². The number of nitrogens with one attached hydrogen (secondary N) is 2. The second-order valence-corrected chi connectivity index (χ2v) is 10.1. The van der Waals surface area contributed by atoms with Crippen LogP contribution in [-0.2, 0) is 7.05 Å². The fraction of sp³-hybridized carbons (Fsp3) is 0.500. The van der Waals surface area contributed by atoms with Crippen molar-refractivity contribution in [2.75, 3.05) is 24.5 Å². The molecule has 0 amide bonds. The van der Waals surface area contributed by atoms with Gasteiger partial charge in [0.2, 0.25) is 0 Å². The minimum atomic E-state index is -0.326. The highest BCUT2D eigenvalue weighted by Gasteiger charge is 2.39. The van der Waals surface area contributed by atoms with Gasteiger partial charge in [-0.15, -0.1) is 0 Å². The topological polar surface area (TPSA) is 45.1 Å². The second kappa shape index (κ2) is 8.06. The third-order valence-electron chi connectivity index (χ3n) is 7.82. The fourth-order valence-corrected chi connectivity index (χ4v) is 5.73. The van der Waals surface area contributed by atoms with Gasteiger partial charge in [-0.3, -0.25) is 10.00 Å². The molecule has 6 rings (SSSR count). The molecule has 7 heteroatoms. The van der Waals surface area contributed by atoms with Gasteiger partial charge in [-0.2, -0.15) is 5.10 Å². The number of halogens is 2. The predicted octanol–water partition coefficient (Wildman–Crippen LogP) is 4.34. The van der Waals surface area contributed by atoms with E-state index in [1.165, 1.54) is 25.0 Å². The van der Waals surface area contributed by atoms with Crippen LogP contribution in [0, 0.1) is 30.4 Å². The molecule has 174 valence electrons. The number of rotatable bonds is 4. The third-order valence-corrected chi connectivity index (χ3v) is 7.82. The molecule has 2 aromatic carbocycles. The summed E-state index contributed by atoms with van der Waals surface area (Å²) in [4.78, 5) is 2.28. The zero-order chi connectivity index (χ0) is 22.7. The maximum atomic E-state index is 14.7. The monoisotopic (exact) mass is 451 g/mol. The highest BCUT2D eigenvalue weighted by Crippen LogP contribution is 2.38. The van der Waals surface area contributed by atoms with Crippen LogP contribution in [0.2, 0.25) is 0 Å². The van der Waals surface area contributed by atoms with E-state index in [1.807, 2.05) is 17.8 Å². The standard InChI is InChI=1S/C26H31F2N5/c1-15-3-4-18(11-22(15)28)20-12-19(27)13-21-24(20)32(2)31-26(21)33-9-7-17(8-10-33)25-29-14-23(30-25)16-5-6-16/h3-4,11-13,16-17,23,25,29-30H,5-10,14H2,1-2H3. The summed E-state index contributed by atoms with van der Waals surface area (Å²) in [5.41, 5.74) is 2.75. The summed E-state index contributed by atoms with van der Waals surface area (Å²) in [6.07, 6.45) is 5.28. The molecule has 33 heavy (non-hydrogen) atoms. The lowest BCUT2D eigenvalue weighted by molar-refractivity contribution is 0.290. The number of hydrogen-bond donors (Lipinski definition) is 2. The molecule has 0 bridgehead atoms. The zero-order valence-electron chi connectivity index (χ0n) is 19.2. The van der Waals surface area contributed by atoms with Crippen molar-refractivity contribution in [3.63, 3.8) is 0 Å². The number of nitrogens with zero attached hydrogens (tertiary/aromatic N) is 3. The maximum absolute atomic E-state index is 14.7. The van der Waals surface area contributed by atoms with Crippen LogP contribution in [0.3, 0.4) is 0 Å². The van der Waals surface area contributed by atoms with Crippen molar-refractivity contribution in [3.05, 3.63) is 47.5 Å². The van der Waals surface area contributed by atoms with Crippen LogP contribution >= 0.6 is 0 Å². The van der Waals surface area contributed by atoms with Crippen LogP contribution in [0.25, 0.3) is 22.0 Å². The Kier molecular flexibility index (Phi) is 5.14. The normalized spacial score (nSPS) is 24.2. The molecule has 1 aromatic heterocycles. The summed E-state index contributed by atoms with van der Waals surface area (Å²) >= 11 is 0. The lowest BCUT2D eigenvalue weighted by Gasteiger charge is -2.35. The molecule has 3 aliphatic rings. The number of benzene rings is 2. The van der Waals surface area contributed by atoms with E-state index in [2.05, 4.69) is 15.5 Å². The van der Waals surface area contributed by atoms with Crippen LogP contribution in [-0.4, -0.2) is 41.6 Å². The predicted molar refractivity (Wildman–Crippen MR) is 127 cm³/mol. The lowest BCUT2D eigenvalue weighted by Crippen LogP contribution is -2.46. The molecular formula is C26H31F2N5. The van der Waals surface area contributed by atoms with E-state index in [-0.39, 0.29) is 11.6 Å². The van der Waals surface area contributed by atoms with Crippen LogP contribution < -0.4 is 15.5 Å². The Hall–Kier alpha value is -2.51. The van der Waals surface area contributed by atoms with Crippen LogP contribution in [0.1, 0.15) is 31.2 Å². The largest absolute Gasteiger partial charge is 0.355 e. The molecule has 2 unspecified atom stereocenters. The van der Waals surface area contributed by atoms with Gasteiger partial charge in [0.05, 0.1) is 11.7 Å². The van der Waals surface area contributed by atoms with Gasteiger partial charge in [-0.05, 0) is 73.8 Å². The van der Waals surface area contributed by atoms with E-state index < -0.39 is 0 Å². The van der Waals surface area contributed by atoms with Crippen molar-refractivity contribution in [3.8, 4) is 11.1 Å². The van der Waals surface area contributed by atoms with Crippen molar-refractivity contribution < 1.29 is 8.78 Å². The molecule has 5 nitrogen and oxygen atoms in total. The van der Waals surface area contributed by atoms with Crippen molar-refractivity contribution in [1.29, 1.82) is 0 Å². The Bertz CT molecular complexity index is 1190. The van der Waals surface area contributed by atoms with E-state index in [4.69, 9.17) is 5.10 Å². The molecule has 0 spiro atoms. The Balaban J connectivity index is 1.26. The van der Waals surface area contributed by atoms with E-state index in [1.54, 1.807) is 19.1 Å². The third kappa shape index (κ3) is 3.81. The first-order valence-electron chi connectivity index (χ1n) is 12.1. The number of hydrogen-bond acceptors (Lipinski definition) is 4. The van der Waals surface area contributed by atoms with Crippen molar-refractivity contribution in [1.82, 2.24) is 20.4 Å². The SMILES string of the molecule is Cc1ccc(-c2cc(F)cc3c(N4CCC(C5NCC(C6CC6)N5)CC4)nn(C)c23)cc1F. The maximum Gasteiger partial charge on any atom is 0.158 e. The molecule has 2 saturated heterocycles. The molecule has 2 N–H and O–H groups in total. The minimum Gasteiger partial charge on any atom is -0.355 e. The van der Waals surface area contributed by atoms with Crippen molar-refractivity contribution in [2.24, 2.45) is 18.9 Å². The highest BCUT2D eigenvalue weighted by molar-refractivity contribution is 6.00. The van der Waals surface area contributed by atoms with E-state index >= 15 is 0 Å². The summed E-state index contributed by atoms with van der Waals surface area (Å²) in [5, 5.41) is 13.1. The van der Waals surface area contributed by atoms with Crippen molar-refractivity contribution >= 4 is 16.7 Å². The summed E-state index contributed by atoms with van der Waals surface area (Å²) in [6, 6.07) is 8.76. The van der Waals surface area contributed by atoms with E-state index in [9.17, 15) is 8.78 Å². The van der Waals surface area contributed by atoms with Crippen LogP contribution in [0.5, 0.6) is 0 Å². The lowest BCUT2D eigenvalue weighted by atomic mass is 9.93. The summed E-state index contributed by atoms with van der Waals surface area (Å²) < 4.78 is 30.8. The van der Waals surface area contributed by atoms with Gasteiger partial charge < -0.3 is 10.2 Å². The number of aryl methyl sites for hydroxylation is 2. The molecule has 3 heterocycles. The molecule has 3 aromatic rings. The summed E-state index contributed by atoms with van der Waals surface area (Å²) in [7, 11) is 1.88. The van der Waals surface area contributed by atoms with Gasteiger partial charge in [0, 0.05) is 43.7 Å². The van der Waals surface area contributed by atoms with Gasteiger partial charge in [-0.25, -0.2) is 8.78 Å². The minimum absolute atomic E-state index is 0.285. The molecule has 1 aliphatic carbocycles. The summed E-state index contributed by atoms with van der Waals surface area (Å²) in [6.45, 7) is 4.61. The van der Waals surface area contributed by atoms with Gasteiger partial charge in [-0.1, -0.05) is 12.1 Å². The van der Waals surface area contributed by atoms with Gasteiger partial charge in [0.15, 0.2) is 5.82 Å². The average Bonchev–Trinajstić information content (AvgIpc) is 3.45. The number of anilines is 1.